The van der Waals surface area contributed by atoms with Crippen LogP contribution in [0.3, 0.4) is 0 Å². The summed E-state index contributed by atoms with van der Waals surface area (Å²) in [5.74, 6) is 0.426. The molecule has 1 atom stereocenters. The molecule has 174 valence electrons. The number of carbonyl (C=O) groups is 2. The van der Waals surface area contributed by atoms with E-state index in [9.17, 15) is 9.59 Å². The Bertz CT molecular complexity index is 1160. The van der Waals surface area contributed by atoms with E-state index in [0.717, 1.165) is 0 Å². The van der Waals surface area contributed by atoms with Crippen LogP contribution in [0.2, 0.25) is 10.0 Å². The minimum Gasteiger partial charge on any atom is -0.493 e. The normalized spacial score (nSPS) is 11.5. The van der Waals surface area contributed by atoms with Crippen LogP contribution < -0.4 is 20.5 Å². The predicted octanol–water partition coefficient (Wildman–Crippen LogP) is 4.15. The molecule has 3 N–H and O–H groups in total. The number of amides is 2. The zero-order chi connectivity index (χ0) is 24.1. The van der Waals surface area contributed by atoms with Gasteiger partial charge in [-0.05, 0) is 25.1 Å². The third kappa shape index (κ3) is 5.47. The molecule has 2 aromatic heterocycles. The average molecular weight is 495 g/mol. The number of carbonyl (C=O) groups excluding carboxylic acids is 2. The molecule has 0 fully saturated rings. The molecule has 0 saturated carbocycles. The van der Waals surface area contributed by atoms with E-state index in [4.69, 9.17) is 47.6 Å². The Morgan fingerprint density at radius 2 is 1.82 bits per heavy atom. The second-order valence-electron chi connectivity index (χ2n) is 6.65. The number of aromatic nitrogens is 2. The van der Waals surface area contributed by atoms with Crippen LogP contribution in [0.15, 0.2) is 35.0 Å². The number of hydrogen-bond acceptors (Lipinski definition) is 8. The highest BCUT2D eigenvalue weighted by Gasteiger charge is 2.27. The molecule has 1 aromatic carbocycles. The summed E-state index contributed by atoms with van der Waals surface area (Å²) in [6, 6.07) is 4.97. The van der Waals surface area contributed by atoms with Gasteiger partial charge in [-0.25, -0.2) is 9.78 Å². The third-order valence-corrected chi connectivity index (χ3v) is 5.19. The molecule has 12 heteroatoms. The lowest BCUT2D eigenvalue weighted by Gasteiger charge is -2.11. The molecule has 0 unspecified atom stereocenters. The molecule has 0 aliphatic rings. The van der Waals surface area contributed by atoms with Crippen molar-refractivity contribution in [1.82, 2.24) is 15.3 Å². The fourth-order valence-electron chi connectivity index (χ4n) is 2.95. The van der Waals surface area contributed by atoms with E-state index < -0.39 is 18.1 Å². The lowest BCUT2D eigenvalue weighted by molar-refractivity contribution is 0.0904. The molecule has 3 aromatic rings. The van der Waals surface area contributed by atoms with Gasteiger partial charge in [0.05, 0.1) is 24.3 Å². The molecule has 2 amide bonds. The Kier molecular flexibility index (Phi) is 7.62. The summed E-state index contributed by atoms with van der Waals surface area (Å²) in [5, 5.41) is 3.26. The van der Waals surface area contributed by atoms with E-state index in [1.807, 2.05) is 0 Å². The fourth-order valence-corrected chi connectivity index (χ4v) is 3.45. The number of nitrogens with zero attached hydrogens (tertiary/aromatic N) is 2. The maximum absolute atomic E-state index is 13.0. The topological polar surface area (TPSA) is 139 Å². The first-order valence-electron chi connectivity index (χ1n) is 9.50. The van der Waals surface area contributed by atoms with Crippen LogP contribution in [0, 0.1) is 0 Å². The van der Waals surface area contributed by atoms with Gasteiger partial charge in [0.25, 0.3) is 5.91 Å². The first-order chi connectivity index (χ1) is 15.7. The van der Waals surface area contributed by atoms with Gasteiger partial charge in [-0.15, -0.1) is 0 Å². The van der Waals surface area contributed by atoms with Crippen molar-refractivity contribution in [2.45, 2.75) is 19.6 Å². The number of nitrogens with one attached hydrogen (secondary N) is 1. The van der Waals surface area contributed by atoms with E-state index in [2.05, 4.69) is 15.3 Å². The van der Waals surface area contributed by atoms with E-state index in [-0.39, 0.29) is 23.9 Å². The Morgan fingerprint density at radius 3 is 2.42 bits per heavy atom. The van der Waals surface area contributed by atoms with Gasteiger partial charge in [0.2, 0.25) is 5.89 Å². The van der Waals surface area contributed by atoms with Gasteiger partial charge in [-0.1, -0.05) is 23.2 Å². The van der Waals surface area contributed by atoms with Crippen LogP contribution in [0.5, 0.6) is 11.5 Å². The van der Waals surface area contributed by atoms with Crippen LogP contribution in [0.1, 0.15) is 34.8 Å². The summed E-state index contributed by atoms with van der Waals surface area (Å²) in [6.45, 7) is 1.50. The van der Waals surface area contributed by atoms with Crippen molar-refractivity contribution < 1.29 is 28.2 Å². The highest BCUT2D eigenvalue weighted by atomic mass is 35.5. The SMILES string of the molecule is COc1ccc(-c2nc(C(=O)NCc3c(Cl)cncc3Cl)c([C@H](C)OC(N)=O)o2)cc1OC. The lowest BCUT2D eigenvalue weighted by atomic mass is 10.2. The van der Waals surface area contributed by atoms with Crippen molar-refractivity contribution >= 4 is 35.2 Å². The number of ether oxygens (including phenoxy) is 3. The predicted molar refractivity (Wildman–Crippen MR) is 120 cm³/mol. The number of oxazole rings is 1. The van der Waals surface area contributed by atoms with E-state index in [1.54, 1.807) is 18.2 Å². The van der Waals surface area contributed by atoms with Crippen LogP contribution in [0.25, 0.3) is 11.5 Å². The number of halogens is 2. The molecule has 33 heavy (non-hydrogen) atoms. The highest BCUT2D eigenvalue weighted by Crippen LogP contribution is 2.34. The molecule has 10 nitrogen and oxygen atoms in total. The number of hydrogen-bond donors (Lipinski definition) is 2. The number of pyridine rings is 1. The van der Waals surface area contributed by atoms with E-state index >= 15 is 0 Å². The third-order valence-electron chi connectivity index (χ3n) is 4.54. The lowest BCUT2D eigenvalue weighted by Crippen LogP contribution is -2.25. The van der Waals surface area contributed by atoms with Gasteiger partial charge in [-0.2, -0.15) is 0 Å². The zero-order valence-corrected chi connectivity index (χ0v) is 19.4. The van der Waals surface area contributed by atoms with Crippen LogP contribution in [-0.2, 0) is 11.3 Å². The minimum absolute atomic E-state index is 0.00205. The molecule has 0 aliphatic heterocycles. The maximum Gasteiger partial charge on any atom is 0.405 e. The van der Waals surface area contributed by atoms with Gasteiger partial charge >= 0.3 is 6.09 Å². The fraction of sp³-hybridized carbons (Fsp3) is 0.238. The monoisotopic (exact) mass is 494 g/mol. The quantitative estimate of drug-likeness (QED) is 0.475. The second kappa shape index (κ2) is 10.4. The Labute approximate surface area is 198 Å². The molecular weight excluding hydrogens is 475 g/mol. The number of methoxy groups -OCH3 is 2. The Hall–Kier alpha value is -3.50. The van der Waals surface area contributed by atoms with Crippen molar-refractivity contribution in [3.05, 3.63) is 57.7 Å². The van der Waals surface area contributed by atoms with Gasteiger partial charge < -0.3 is 29.7 Å². The first kappa shape index (κ1) is 24.1. The standard InChI is InChI=1S/C21H20Cl2N4O6/c1-10(32-21(24)29)18-17(19(28)26-7-12-13(22)8-25-9-14(12)23)27-20(33-18)11-4-5-15(30-2)16(6-11)31-3/h4-6,8-10H,7H2,1-3H3,(H2,24,29)(H,26,28)/t10-/m0/s1. The largest absolute Gasteiger partial charge is 0.493 e. The van der Waals surface area contributed by atoms with E-state index in [1.165, 1.54) is 33.5 Å². The molecule has 0 spiro atoms. The molecular formula is C21H20Cl2N4O6. The van der Waals surface area contributed by atoms with Crippen LogP contribution in [-0.4, -0.2) is 36.2 Å². The number of primary amides is 1. The number of nitrogens with two attached hydrogens (primary N) is 1. The van der Waals surface area contributed by atoms with Crippen LogP contribution >= 0.6 is 23.2 Å². The second-order valence-corrected chi connectivity index (χ2v) is 7.46. The van der Waals surface area contributed by atoms with Crippen LogP contribution in [0.4, 0.5) is 4.79 Å². The molecule has 0 saturated heterocycles. The molecule has 2 heterocycles. The van der Waals surface area contributed by atoms with Gasteiger partial charge in [0.15, 0.2) is 29.1 Å². The van der Waals surface area contributed by atoms with Crippen molar-refractivity contribution in [2.24, 2.45) is 5.73 Å². The Morgan fingerprint density at radius 1 is 1.15 bits per heavy atom. The smallest absolute Gasteiger partial charge is 0.405 e. The number of benzene rings is 1. The summed E-state index contributed by atoms with van der Waals surface area (Å²) < 4.78 is 21.3. The summed E-state index contributed by atoms with van der Waals surface area (Å²) in [4.78, 5) is 32.4. The first-order valence-corrected chi connectivity index (χ1v) is 10.3. The zero-order valence-electron chi connectivity index (χ0n) is 17.8. The summed E-state index contributed by atoms with van der Waals surface area (Å²) in [7, 11) is 2.99. The van der Waals surface area contributed by atoms with Crippen molar-refractivity contribution in [3.63, 3.8) is 0 Å². The molecule has 3 rings (SSSR count). The molecule has 0 radical (unpaired) electrons. The summed E-state index contributed by atoms with van der Waals surface area (Å²) in [5.41, 5.74) is 6.00. The minimum atomic E-state index is -1.03. The average Bonchev–Trinajstić information content (AvgIpc) is 3.23. The summed E-state index contributed by atoms with van der Waals surface area (Å²) in [6.07, 6.45) is 0.800. The maximum atomic E-state index is 13.0. The van der Waals surface area contributed by atoms with E-state index in [0.29, 0.717) is 32.7 Å². The Balaban J connectivity index is 1.96. The van der Waals surface area contributed by atoms with Crippen molar-refractivity contribution in [1.29, 1.82) is 0 Å². The van der Waals surface area contributed by atoms with Crippen molar-refractivity contribution in [2.75, 3.05) is 14.2 Å². The van der Waals surface area contributed by atoms with Gasteiger partial charge in [0.1, 0.15) is 0 Å². The highest BCUT2D eigenvalue weighted by molar-refractivity contribution is 6.35. The van der Waals surface area contributed by atoms with Gasteiger partial charge in [-0.3, -0.25) is 9.78 Å². The summed E-state index contributed by atoms with van der Waals surface area (Å²) >= 11 is 12.2. The number of rotatable bonds is 8. The molecule has 0 bridgehead atoms. The molecule has 0 aliphatic carbocycles. The van der Waals surface area contributed by atoms with Gasteiger partial charge in [0, 0.05) is 30.1 Å². The van der Waals surface area contributed by atoms with Crippen molar-refractivity contribution in [3.8, 4) is 23.0 Å².